The third-order valence-corrected chi connectivity index (χ3v) is 4.41. The largest absolute Gasteiger partial charge is 0.329 e. The summed E-state index contributed by atoms with van der Waals surface area (Å²) in [5.41, 5.74) is 8.32. The van der Waals surface area contributed by atoms with E-state index in [1.165, 1.54) is 30.2 Å². The Balaban J connectivity index is 1.87. The molecule has 1 aromatic carbocycles. The molecule has 1 aromatic heterocycles. The second-order valence-electron chi connectivity index (χ2n) is 5.99. The average molecular weight is 269 g/mol. The van der Waals surface area contributed by atoms with Gasteiger partial charge in [0.25, 0.3) is 0 Å². The van der Waals surface area contributed by atoms with Crippen LogP contribution in [0.15, 0.2) is 36.5 Å². The minimum Gasteiger partial charge on any atom is -0.329 e. The Morgan fingerprint density at radius 1 is 1.30 bits per heavy atom. The summed E-state index contributed by atoms with van der Waals surface area (Å²) in [6.07, 6.45) is 5.70. The van der Waals surface area contributed by atoms with Crippen LogP contribution in [0.4, 0.5) is 0 Å². The summed E-state index contributed by atoms with van der Waals surface area (Å²) in [7, 11) is 0. The molecular formula is C17H23N3. The normalized spacial score (nSPS) is 24.1. The van der Waals surface area contributed by atoms with Gasteiger partial charge in [-0.3, -0.25) is 4.98 Å². The van der Waals surface area contributed by atoms with E-state index in [9.17, 15) is 0 Å². The van der Waals surface area contributed by atoms with E-state index in [4.69, 9.17) is 5.73 Å². The van der Waals surface area contributed by atoms with Gasteiger partial charge in [-0.15, -0.1) is 0 Å². The van der Waals surface area contributed by atoms with Gasteiger partial charge >= 0.3 is 0 Å². The molecule has 3 unspecified atom stereocenters. The summed E-state index contributed by atoms with van der Waals surface area (Å²) in [6, 6.07) is 11.2. The van der Waals surface area contributed by atoms with Gasteiger partial charge in [0.05, 0.1) is 5.52 Å². The molecule has 3 rings (SSSR count). The van der Waals surface area contributed by atoms with Gasteiger partial charge < -0.3 is 11.1 Å². The molecule has 1 heterocycles. The van der Waals surface area contributed by atoms with Crippen molar-refractivity contribution in [2.45, 2.75) is 38.3 Å². The lowest BCUT2D eigenvalue weighted by molar-refractivity contribution is 0.435. The van der Waals surface area contributed by atoms with E-state index in [1.807, 2.05) is 12.3 Å². The maximum Gasteiger partial charge on any atom is 0.0750 e. The van der Waals surface area contributed by atoms with Crippen LogP contribution < -0.4 is 11.1 Å². The van der Waals surface area contributed by atoms with Gasteiger partial charge in [-0.25, -0.2) is 0 Å². The second kappa shape index (κ2) is 5.90. The predicted octanol–water partition coefficient (Wildman–Crippen LogP) is 3.01. The molecule has 0 aliphatic heterocycles. The number of hydrogen-bond acceptors (Lipinski definition) is 3. The van der Waals surface area contributed by atoms with Crippen molar-refractivity contribution >= 4 is 10.9 Å². The monoisotopic (exact) mass is 269 g/mol. The first-order valence-electron chi connectivity index (χ1n) is 7.57. The van der Waals surface area contributed by atoms with E-state index < -0.39 is 0 Å². The van der Waals surface area contributed by atoms with Gasteiger partial charge in [0.2, 0.25) is 0 Å². The van der Waals surface area contributed by atoms with Crippen LogP contribution in [0.25, 0.3) is 10.9 Å². The highest BCUT2D eigenvalue weighted by molar-refractivity contribution is 5.82. The molecule has 1 fully saturated rings. The molecular weight excluding hydrogens is 246 g/mol. The number of rotatable bonds is 4. The Bertz CT molecular complexity index is 576. The number of nitrogens with two attached hydrogens (primary N) is 1. The van der Waals surface area contributed by atoms with Gasteiger partial charge in [0, 0.05) is 30.2 Å². The highest BCUT2D eigenvalue weighted by Gasteiger charge is 2.24. The first-order valence-corrected chi connectivity index (χ1v) is 7.57. The highest BCUT2D eigenvalue weighted by Crippen LogP contribution is 2.28. The van der Waals surface area contributed by atoms with Crippen LogP contribution in [0.5, 0.6) is 0 Å². The van der Waals surface area contributed by atoms with Gasteiger partial charge in [-0.1, -0.05) is 31.2 Å². The number of hydrogen-bond donors (Lipinski definition) is 2. The van der Waals surface area contributed by atoms with Crippen molar-refractivity contribution in [1.29, 1.82) is 0 Å². The van der Waals surface area contributed by atoms with Crippen LogP contribution in [0, 0.1) is 5.92 Å². The topological polar surface area (TPSA) is 50.9 Å². The summed E-state index contributed by atoms with van der Waals surface area (Å²) >= 11 is 0. The molecule has 3 heteroatoms. The summed E-state index contributed by atoms with van der Waals surface area (Å²) in [6.45, 7) is 2.94. The number of pyridine rings is 1. The fourth-order valence-corrected chi connectivity index (χ4v) is 3.34. The lowest BCUT2D eigenvalue weighted by atomic mass is 10.0. The van der Waals surface area contributed by atoms with Crippen LogP contribution in [-0.2, 0) is 0 Å². The number of nitrogens with zero attached hydrogens (tertiary/aromatic N) is 1. The van der Waals surface area contributed by atoms with Crippen molar-refractivity contribution in [3.05, 3.63) is 42.1 Å². The Morgan fingerprint density at radius 2 is 2.15 bits per heavy atom. The van der Waals surface area contributed by atoms with Gasteiger partial charge in [-0.2, -0.15) is 0 Å². The summed E-state index contributed by atoms with van der Waals surface area (Å²) in [5, 5.41) is 4.92. The molecule has 3 nitrogen and oxygen atoms in total. The second-order valence-corrected chi connectivity index (χ2v) is 5.99. The van der Waals surface area contributed by atoms with E-state index in [2.05, 4.69) is 41.5 Å². The smallest absolute Gasteiger partial charge is 0.0750 e. The average Bonchev–Trinajstić information content (AvgIpc) is 2.89. The third kappa shape index (κ3) is 2.69. The summed E-state index contributed by atoms with van der Waals surface area (Å²) < 4.78 is 0. The molecule has 0 saturated heterocycles. The first kappa shape index (κ1) is 13.5. The van der Waals surface area contributed by atoms with Crippen LogP contribution in [0.3, 0.4) is 0 Å². The van der Waals surface area contributed by atoms with Crippen molar-refractivity contribution in [1.82, 2.24) is 10.3 Å². The molecule has 1 aliphatic carbocycles. The molecule has 0 amide bonds. The lowest BCUT2D eigenvalue weighted by Crippen LogP contribution is -2.35. The molecule has 2 aromatic rings. The molecule has 0 bridgehead atoms. The Hall–Kier alpha value is -1.45. The summed E-state index contributed by atoms with van der Waals surface area (Å²) in [5.74, 6) is 0.830. The fourth-order valence-electron chi connectivity index (χ4n) is 3.34. The number of aromatic nitrogens is 1. The predicted molar refractivity (Wildman–Crippen MR) is 83.5 cm³/mol. The van der Waals surface area contributed by atoms with Gasteiger partial charge in [0.1, 0.15) is 0 Å². The van der Waals surface area contributed by atoms with Crippen molar-refractivity contribution in [2.24, 2.45) is 11.7 Å². The Labute approximate surface area is 120 Å². The van der Waals surface area contributed by atoms with E-state index in [1.54, 1.807) is 0 Å². The maximum atomic E-state index is 6.02. The molecule has 3 atom stereocenters. The summed E-state index contributed by atoms with van der Waals surface area (Å²) in [4.78, 5) is 4.54. The lowest BCUT2D eigenvalue weighted by Gasteiger charge is -2.23. The zero-order chi connectivity index (χ0) is 13.9. The number of para-hydroxylation sites is 1. The van der Waals surface area contributed by atoms with Crippen molar-refractivity contribution < 1.29 is 0 Å². The van der Waals surface area contributed by atoms with Crippen molar-refractivity contribution in [2.75, 3.05) is 6.54 Å². The van der Waals surface area contributed by atoms with E-state index >= 15 is 0 Å². The number of fused-ring (bicyclic) bond motifs is 1. The molecule has 0 radical (unpaired) electrons. The SMILES string of the molecule is CC1CCC(NC(CN)c2cccc3cccnc23)C1. The maximum absolute atomic E-state index is 6.02. The minimum absolute atomic E-state index is 0.198. The number of benzene rings is 1. The zero-order valence-corrected chi connectivity index (χ0v) is 12.0. The van der Waals surface area contributed by atoms with E-state index in [-0.39, 0.29) is 6.04 Å². The Morgan fingerprint density at radius 3 is 2.90 bits per heavy atom. The standard InChI is InChI=1S/C17H23N3/c1-12-7-8-14(10-12)20-16(11-18)15-6-2-4-13-5-3-9-19-17(13)15/h2-6,9,12,14,16,20H,7-8,10-11,18H2,1H3. The van der Waals surface area contributed by atoms with Crippen molar-refractivity contribution in [3.63, 3.8) is 0 Å². The quantitative estimate of drug-likeness (QED) is 0.897. The molecule has 20 heavy (non-hydrogen) atoms. The molecule has 106 valence electrons. The first-order chi connectivity index (χ1) is 9.78. The molecule has 1 aliphatic rings. The Kier molecular flexibility index (Phi) is 3.99. The van der Waals surface area contributed by atoms with Gasteiger partial charge in [-0.05, 0) is 36.8 Å². The van der Waals surface area contributed by atoms with Gasteiger partial charge in [0.15, 0.2) is 0 Å². The molecule has 1 saturated carbocycles. The fraction of sp³-hybridized carbons (Fsp3) is 0.471. The van der Waals surface area contributed by atoms with E-state index in [0.29, 0.717) is 12.6 Å². The number of nitrogens with one attached hydrogen (secondary N) is 1. The third-order valence-electron chi connectivity index (χ3n) is 4.41. The van der Waals surface area contributed by atoms with Crippen LogP contribution >= 0.6 is 0 Å². The van der Waals surface area contributed by atoms with Crippen LogP contribution in [-0.4, -0.2) is 17.6 Å². The van der Waals surface area contributed by atoms with Crippen molar-refractivity contribution in [3.8, 4) is 0 Å². The highest BCUT2D eigenvalue weighted by atomic mass is 15.0. The van der Waals surface area contributed by atoms with Crippen LogP contribution in [0.1, 0.15) is 37.8 Å². The minimum atomic E-state index is 0.198. The zero-order valence-electron chi connectivity index (χ0n) is 12.0. The molecule has 3 N–H and O–H groups in total. The van der Waals surface area contributed by atoms with E-state index in [0.717, 1.165) is 11.4 Å². The van der Waals surface area contributed by atoms with Crippen LogP contribution in [0.2, 0.25) is 0 Å². The molecule has 0 spiro atoms.